The predicted molar refractivity (Wildman–Crippen MR) is 90.4 cm³/mol. The zero-order valence-corrected chi connectivity index (χ0v) is 15.4. The Morgan fingerprint density at radius 3 is 2.45 bits per heavy atom. The van der Waals surface area contributed by atoms with Gasteiger partial charge in [-0.25, -0.2) is 8.78 Å². The molecule has 2 saturated carbocycles. The molecule has 2 aliphatic carbocycles. The lowest BCUT2D eigenvalue weighted by Gasteiger charge is -2.41. The summed E-state index contributed by atoms with van der Waals surface area (Å²) in [5.41, 5.74) is -4.41. The maximum atomic E-state index is 14.2. The molecule has 158 valence electrons. The van der Waals surface area contributed by atoms with Crippen LogP contribution in [0.15, 0.2) is 18.2 Å². The molecule has 2 amide bonds. The van der Waals surface area contributed by atoms with Gasteiger partial charge < -0.3 is 15.3 Å². The molecule has 1 spiro atoms. The maximum absolute atomic E-state index is 14.2. The zero-order valence-electron chi connectivity index (χ0n) is 15.4. The molecule has 1 aromatic rings. The third-order valence-electron chi connectivity index (χ3n) is 6.01. The molecule has 10 heteroatoms. The van der Waals surface area contributed by atoms with Gasteiger partial charge in [-0.1, -0.05) is 0 Å². The van der Waals surface area contributed by atoms with E-state index in [9.17, 15) is 36.6 Å². The van der Waals surface area contributed by atoms with Gasteiger partial charge in [0.05, 0.1) is 23.1 Å². The van der Waals surface area contributed by atoms with Crippen molar-refractivity contribution >= 4 is 11.8 Å². The van der Waals surface area contributed by atoms with Gasteiger partial charge in [0.15, 0.2) is 0 Å². The van der Waals surface area contributed by atoms with Gasteiger partial charge in [0, 0.05) is 24.6 Å². The molecule has 2 N–H and O–H groups in total. The van der Waals surface area contributed by atoms with E-state index in [4.69, 9.17) is 0 Å². The first-order valence-electron chi connectivity index (χ1n) is 9.15. The first-order chi connectivity index (χ1) is 13.2. The molecule has 4 rings (SSSR count). The van der Waals surface area contributed by atoms with Gasteiger partial charge in [0.25, 0.3) is 11.8 Å². The summed E-state index contributed by atoms with van der Waals surface area (Å²) >= 11 is 0. The number of hydrogen-bond donors (Lipinski definition) is 2. The number of alkyl halides is 5. The average Bonchev–Trinajstić information content (AvgIpc) is 3.10. The van der Waals surface area contributed by atoms with E-state index in [2.05, 4.69) is 5.32 Å². The van der Waals surface area contributed by atoms with Crippen LogP contribution in [0.5, 0.6) is 0 Å². The lowest BCUT2D eigenvalue weighted by Crippen LogP contribution is -2.56. The van der Waals surface area contributed by atoms with Crippen LogP contribution in [0.1, 0.15) is 47.7 Å². The van der Waals surface area contributed by atoms with Gasteiger partial charge >= 0.3 is 6.18 Å². The van der Waals surface area contributed by atoms with Gasteiger partial charge in [0.1, 0.15) is 0 Å². The smallest absolute Gasteiger partial charge is 0.390 e. The second-order valence-electron chi connectivity index (χ2n) is 8.55. The lowest BCUT2D eigenvalue weighted by molar-refractivity contribution is -0.137. The Kier molecular flexibility index (Phi) is 4.08. The molecule has 1 heterocycles. The Morgan fingerprint density at radius 2 is 1.93 bits per heavy atom. The zero-order chi connectivity index (χ0) is 21.4. The molecule has 3 aliphatic rings. The summed E-state index contributed by atoms with van der Waals surface area (Å²) in [6, 6.07) is 1.95. The first-order valence-corrected chi connectivity index (χ1v) is 9.15. The Hall–Kier alpha value is -2.23. The van der Waals surface area contributed by atoms with Crippen molar-refractivity contribution in [3.8, 4) is 0 Å². The van der Waals surface area contributed by atoms with Crippen LogP contribution in [0, 0.1) is 0 Å². The molecule has 29 heavy (non-hydrogen) atoms. The third-order valence-corrected chi connectivity index (χ3v) is 6.01. The van der Waals surface area contributed by atoms with Crippen LogP contribution >= 0.6 is 0 Å². The maximum Gasteiger partial charge on any atom is 0.416 e. The summed E-state index contributed by atoms with van der Waals surface area (Å²) in [6.07, 6.45) is -4.70. The van der Waals surface area contributed by atoms with Crippen molar-refractivity contribution in [3.05, 3.63) is 34.9 Å². The highest BCUT2D eigenvalue weighted by Gasteiger charge is 2.74. The van der Waals surface area contributed by atoms with Crippen LogP contribution in [0.25, 0.3) is 0 Å². The normalized spacial score (nSPS) is 32.6. The van der Waals surface area contributed by atoms with E-state index in [1.54, 1.807) is 6.92 Å². The van der Waals surface area contributed by atoms with Crippen LogP contribution in [0.4, 0.5) is 22.0 Å². The van der Waals surface area contributed by atoms with Crippen molar-refractivity contribution in [1.82, 2.24) is 10.2 Å². The van der Waals surface area contributed by atoms with E-state index in [0.717, 1.165) is 11.0 Å². The Labute approximate surface area is 162 Å². The van der Waals surface area contributed by atoms with Crippen molar-refractivity contribution in [2.24, 2.45) is 0 Å². The second-order valence-corrected chi connectivity index (χ2v) is 8.55. The van der Waals surface area contributed by atoms with Crippen LogP contribution < -0.4 is 5.32 Å². The van der Waals surface area contributed by atoms with E-state index in [1.807, 2.05) is 0 Å². The molecule has 0 aromatic heterocycles. The van der Waals surface area contributed by atoms with Gasteiger partial charge in [-0.3, -0.25) is 9.59 Å². The molecule has 1 aromatic carbocycles. The van der Waals surface area contributed by atoms with Crippen LogP contribution in [0.3, 0.4) is 0 Å². The number of carbonyl (C=O) groups excluding carboxylic acids is 2. The molecular weight excluding hydrogens is 399 g/mol. The Balaban J connectivity index is 1.57. The lowest BCUT2D eigenvalue weighted by atomic mass is 9.77. The number of fused-ring (bicyclic) bond motifs is 2. The number of amides is 2. The molecule has 1 atom stereocenters. The number of carbonyl (C=O) groups is 2. The fourth-order valence-corrected chi connectivity index (χ4v) is 4.43. The van der Waals surface area contributed by atoms with E-state index < -0.39 is 60.0 Å². The van der Waals surface area contributed by atoms with Gasteiger partial charge in [-0.15, -0.1) is 0 Å². The fraction of sp³-hybridized carbons (Fsp3) is 0.579. The van der Waals surface area contributed by atoms with Crippen LogP contribution in [-0.2, 0) is 16.4 Å². The van der Waals surface area contributed by atoms with Crippen molar-refractivity contribution < 1.29 is 36.6 Å². The van der Waals surface area contributed by atoms with Gasteiger partial charge in [-0.2, -0.15) is 13.2 Å². The summed E-state index contributed by atoms with van der Waals surface area (Å²) in [5, 5.41) is 12.3. The molecule has 5 nitrogen and oxygen atoms in total. The molecule has 0 radical (unpaired) electrons. The van der Waals surface area contributed by atoms with Crippen molar-refractivity contribution in [1.29, 1.82) is 0 Å². The van der Waals surface area contributed by atoms with Gasteiger partial charge in [-0.05, 0) is 43.5 Å². The Morgan fingerprint density at radius 1 is 1.31 bits per heavy atom. The molecule has 1 unspecified atom stereocenters. The molecule has 2 fully saturated rings. The number of rotatable bonds is 3. The monoisotopic (exact) mass is 418 g/mol. The number of hydrogen-bond acceptors (Lipinski definition) is 3. The summed E-state index contributed by atoms with van der Waals surface area (Å²) in [7, 11) is 0. The first kappa shape index (κ1) is 20.1. The van der Waals surface area contributed by atoms with Crippen LogP contribution in [-0.4, -0.2) is 52.5 Å². The largest absolute Gasteiger partial charge is 0.416 e. The van der Waals surface area contributed by atoms with Crippen molar-refractivity contribution in [2.45, 2.75) is 55.3 Å². The van der Waals surface area contributed by atoms with Crippen molar-refractivity contribution in [2.75, 3.05) is 13.1 Å². The van der Waals surface area contributed by atoms with E-state index in [1.165, 1.54) is 0 Å². The third kappa shape index (κ3) is 3.27. The highest BCUT2D eigenvalue weighted by Crippen LogP contribution is 2.64. The SMILES string of the molecule is C[C@]1(O)C[C@@H](NC(=O)CN2CC3(CC3(F)F)c3cc(C(F)(F)F)ccc3C2=O)C1. The van der Waals surface area contributed by atoms with Crippen molar-refractivity contribution in [3.63, 3.8) is 0 Å². The quantitative estimate of drug-likeness (QED) is 0.742. The Bertz CT molecular complexity index is 890. The minimum atomic E-state index is -4.72. The number of nitrogens with one attached hydrogen (secondary N) is 1. The number of nitrogens with zero attached hydrogens (tertiary/aromatic N) is 1. The molecule has 0 bridgehead atoms. The summed E-state index contributed by atoms with van der Waals surface area (Å²) in [5.74, 6) is -4.57. The number of benzene rings is 1. The summed E-state index contributed by atoms with van der Waals surface area (Å²) < 4.78 is 67.5. The molecule has 0 saturated heterocycles. The summed E-state index contributed by atoms with van der Waals surface area (Å²) in [4.78, 5) is 25.9. The molecule has 1 aliphatic heterocycles. The van der Waals surface area contributed by atoms with Crippen LogP contribution in [0.2, 0.25) is 0 Å². The summed E-state index contributed by atoms with van der Waals surface area (Å²) in [6.45, 7) is 0.619. The standard InChI is InChI=1S/C19H19F5N2O3/c1-16(29)5-11(6-16)25-14(27)7-26-9-17(8-18(17,20)21)13-4-10(19(22,23)24)2-3-12(13)15(26)28/h2-4,11,29H,5-9H2,1H3,(H,25,27)/t11-,16+,17?. The molecular formula is C19H19F5N2O3. The average molecular weight is 418 g/mol. The second kappa shape index (κ2) is 5.90. The van der Waals surface area contributed by atoms with E-state index in [0.29, 0.717) is 25.0 Å². The number of halogens is 5. The number of aliphatic hydroxyl groups is 1. The van der Waals surface area contributed by atoms with E-state index >= 15 is 0 Å². The highest BCUT2D eigenvalue weighted by molar-refractivity contribution is 6.00. The highest BCUT2D eigenvalue weighted by atomic mass is 19.4. The topological polar surface area (TPSA) is 69.6 Å². The fourth-order valence-electron chi connectivity index (χ4n) is 4.43. The predicted octanol–water partition coefficient (Wildman–Crippen LogP) is 2.47. The van der Waals surface area contributed by atoms with Gasteiger partial charge in [0.2, 0.25) is 5.91 Å². The minimum absolute atomic E-state index is 0.235. The minimum Gasteiger partial charge on any atom is -0.390 e. The van der Waals surface area contributed by atoms with E-state index in [-0.39, 0.29) is 17.2 Å².